The molecule has 1 aromatic heterocycles. The second-order valence-electron chi connectivity index (χ2n) is 9.58. The number of nitrogens with zero attached hydrogens (tertiary/aromatic N) is 1. The van der Waals surface area contributed by atoms with E-state index < -0.39 is 0 Å². The number of halogens is 1. The summed E-state index contributed by atoms with van der Waals surface area (Å²) in [4.78, 5) is 4.34. The maximum absolute atomic E-state index is 14.8. The lowest BCUT2D eigenvalue weighted by atomic mass is 9.81. The van der Waals surface area contributed by atoms with Crippen molar-refractivity contribution < 1.29 is 18.6 Å². The van der Waals surface area contributed by atoms with Crippen LogP contribution < -0.4 is 9.47 Å². The van der Waals surface area contributed by atoms with Crippen LogP contribution in [-0.2, 0) is 11.3 Å². The number of hydrogen-bond acceptors (Lipinski definition) is 4. The number of hydrogen-bond donors (Lipinski definition) is 0. The molecule has 0 aliphatic carbocycles. The molecular formula is C28H34FNO3. The largest absolute Gasteiger partial charge is 0.496 e. The van der Waals surface area contributed by atoms with Gasteiger partial charge in [0, 0.05) is 30.5 Å². The van der Waals surface area contributed by atoms with Gasteiger partial charge in [-0.1, -0.05) is 52.8 Å². The fourth-order valence-corrected chi connectivity index (χ4v) is 4.04. The molecule has 0 N–H and O–H groups in total. The van der Waals surface area contributed by atoms with Crippen LogP contribution in [-0.4, -0.2) is 19.2 Å². The van der Waals surface area contributed by atoms with Gasteiger partial charge >= 0.3 is 0 Å². The maximum Gasteiger partial charge on any atom is 0.213 e. The number of aromatic nitrogens is 1. The van der Waals surface area contributed by atoms with Crippen LogP contribution in [0.25, 0.3) is 11.1 Å². The average Bonchev–Trinajstić information content (AvgIpc) is 2.78. The van der Waals surface area contributed by atoms with Gasteiger partial charge in [0.25, 0.3) is 0 Å². The number of rotatable bonds is 8. The van der Waals surface area contributed by atoms with Gasteiger partial charge in [-0.25, -0.2) is 9.37 Å². The molecule has 176 valence electrons. The molecule has 5 heteroatoms. The molecule has 0 saturated carbocycles. The van der Waals surface area contributed by atoms with E-state index in [0.29, 0.717) is 23.1 Å². The van der Waals surface area contributed by atoms with Crippen LogP contribution in [0.1, 0.15) is 63.3 Å². The van der Waals surface area contributed by atoms with Crippen molar-refractivity contribution >= 4 is 0 Å². The van der Waals surface area contributed by atoms with Crippen molar-refractivity contribution in [3.63, 3.8) is 0 Å². The molecule has 3 rings (SSSR count). The minimum absolute atomic E-state index is 0.214. The monoisotopic (exact) mass is 451 g/mol. The number of benzene rings is 2. The standard InChI is InChI=1S/C28H34FNO3/c1-18(2)19-12-13-30-26(15-19)33-17-20-14-23(27(32-7)28(3,4)5)22(16-25(20)31-6)21-10-8-9-11-24(21)29/h8-16,18,27H,17H2,1-7H3/t27-/m1/s1. The lowest BCUT2D eigenvalue weighted by Crippen LogP contribution is -2.21. The summed E-state index contributed by atoms with van der Waals surface area (Å²) in [5, 5.41) is 0. The molecule has 0 radical (unpaired) electrons. The Morgan fingerprint density at radius 3 is 2.30 bits per heavy atom. The van der Waals surface area contributed by atoms with Gasteiger partial charge in [0.2, 0.25) is 5.88 Å². The van der Waals surface area contributed by atoms with Gasteiger partial charge in [0.15, 0.2) is 0 Å². The lowest BCUT2D eigenvalue weighted by Gasteiger charge is -2.32. The van der Waals surface area contributed by atoms with E-state index in [-0.39, 0.29) is 23.9 Å². The summed E-state index contributed by atoms with van der Waals surface area (Å²) in [6.07, 6.45) is 1.49. The first-order valence-electron chi connectivity index (χ1n) is 11.2. The van der Waals surface area contributed by atoms with Crippen molar-refractivity contribution in [1.29, 1.82) is 0 Å². The topological polar surface area (TPSA) is 40.6 Å². The Morgan fingerprint density at radius 2 is 1.70 bits per heavy atom. The molecule has 0 aliphatic heterocycles. The molecule has 4 nitrogen and oxygen atoms in total. The third kappa shape index (κ3) is 5.72. The van der Waals surface area contributed by atoms with Crippen LogP contribution in [0.5, 0.6) is 11.6 Å². The highest BCUT2D eigenvalue weighted by Crippen LogP contribution is 2.43. The van der Waals surface area contributed by atoms with Crippen molar-refractivity contribution in [3.05, 3.63) is 77.2 Å². The normalized spacial score (nSPS) is 12.6. The van der Waals surface area contributed by atoms with E-state index in [0.717, 1.165) is 22.3 Å². The molecular weight excluding hydrogens is 417 g/mol. The fraction of sp³-hybridized carbons (Fsp3) is 0.393. The van der Waals surface area contributed by atoms with Crippen molar-refractivity contribution in [1.82, 2.24) is 4.98 Å². The zero-order chi connectivity index (χ0) is 24.2. The summed E-state index contributed by atoms with van der Waals surface area (Å²) < 4.78 is 32.5. The summed E-state index contributed by atoms with van der Waals surface area (Å²) in [6.45, 7) is 10.8. The van der Waals surface area contributed by atoms with Crippen LogP contribution in [0.3, 0.4) is 0 Å². The Balaban J connectivity index is 2.09. The molecule has 0 saturated heterocycles. The van der Waals surface area contributed by atoms with E-state index in [2.05, 4.69) is 39.6 Å². The van der Waals surface area contributed by atoms with Gasteiger partial charge in [-0.05, 0) is 52.3 Å². The van der Waals surface area contributed by atoms with E-state index in [4.69, 9.17) is 14.2 Å². The smallest absolute Gasteiger partial charge is 0.213 e. The van der Waals surface area contributed by atoms with Gasteiger partial charge in [0.05, 0.1) is 13.2 Å². The van der Waals surface area contributed by atoms with Gasteiger partial charge in [-0.15, -0.1) is 0 Å². The molecule has 1 heterocycles. The number of ether oxygens (including phenoxy) is 3. The highest BCUT2D eigenvalue weighted by Gasteiger charge is 2.30. The summed E-state index contributed by atoms with van der Waals surface area (Å²) in [5.74, 6) is 1.27. The molecule has 0 unspecified atom stereocenters. The van der Waals surface area contributed by atoms with Crippen LogP contribution in [0.2, 0.25) is 0 Å². The maximum atomic E-state index is 14.8. The second-order valence-corrected chi connectivity index (χ2v) is 9.58. The first kappa shape index (κ1) is 24.7. The predicted octanol–water partition coefficient (Wildman–Crippen LogP) is 7.33. The quantitative estimate of drug-likeness (QED) is 0.359. The number of methoxy groups -OCH3 is 2. The van der Waals surface area contributed by atoms with Crippen molar-refractivity contribution in [2.45, 2.75) is 53.2 Å². The molecule has 0 bridgehead atoms. The SMILES string of the molecule is COc1cc(-c2ccccc2F)c([C@@H](OC)C(C)(C)C)cc1COc1cc(C(C)C)ccn1. The summed E-state index contributed by atoms with van der Waals surface area (Å²) in [5.41, 5.74) is 3.93. The van der Waals surface area contributed by atoms with Crippen LogP contribution >= 0.6 is 0 Å². The molecule has 0 aliphatic rings. The summed E-state index contributed by atoms with van der Waals surface area (Å²) in [6, 6.07) is 14.6. The highest BCUT2D eigenvalue weighted by atomic mass is 19.1. The molecule has 0 amide bonds. The Kier molecular flexibility index (Phi) is 7.75. The van der Waals surface area contributed by atoms with Crippen molar-refractivity contribution in [3.8, 4) is 22.8 Å². The molecule has 33 heavy (non-hydrogen) atoms. The van der Waals surface area contributed by atoms with Crippen molar-refractivity contribution in [2.75, 3.05) is 14.2 Å². The Bertz CT molecular complexity index is 1090. The third-order valence-corrected chi connectivity index (χ3v) is 5.72. The van der Waals surface area contributed by atoms with Crippen LogP contribution in [0.15, 0.2) is 54.7 Å². The van der Waals surface area contributed by atoms with Crippen molar-refractivity contribution in [2.24, 2.45) is 5.41 Å². The predicted molar refractivity (Wildman–Crippen MR) is 130 cm³/mol. The molecule has 3 aromatic rings. The zero-order valence-corrected chi connectivity index (χ0v) is 20.6. The zero-order valence-electron chi connectivity index (χ0n) is 20.6. The Hall–Kier alpha value is -2.92. The van der Waals surface area contributed by atoms with Gasteiger partial charge in [-0.3, -0.25) is 0 Å². The molecule has 0 spiro atoms. The van der Waals surface area contributed by atoms with E-state index in [1.54, 1.807) is 32.5 Å². The Morgan fingerprint density at radius 1 is 0.970 bits per heavy atom. The highest BCUT2D eigenvalue weighted by molar-refractivity contribution is 5.71. The minimum Gasteiger partial charge on any atom is -0.496 e. The molecule has 0 fully saturated rings. The fourth-order valence-electron chi connectivity index (χ4n) is 4.04. The molecule has 1 atom stereocenters. The summed E-state index contributed by atoms with van der Waals surface area (Å²) in [7, 11) is 3.29. The number of pyridine rings is 1. The minimum atomic E-state index is -0.289. The van der Waals surface area contributed by atoms with E-state index in [1.807, 2.05) is 30.3 Å². The summed E-state index contributed by atoms with van der Waals surface area (Å²) >= 11 is 0. The van der Waals surface area contributed by atoms with E-state index >= 15 is 0 Å². The average molecular weight is 452 g/mol. The van der Waals surface area contributed by atoms with Crippen LogP contribution in [0.4, 0.5) is 4.39 Å². The third-order valence-electron chi connectivity index (χ3n) is 5.72. The van der Waals surface area contributed by atoms with Gasteiger partial charge < -0.3 is 14.2 Å². The Labute approximate surface area is 196 Å². The molecule has 2 aromatic carbocycles. The van der Waals surface area contributed by atoms with E-state index in [9.17, 15) is 4.39 Å². The first-order chi connectivity index (χ1) is 15.7. The van der Waals surface area contributed by atoms with Gasteiger partial charge in [-0.2, -0.15) is 0 Å². The van der Waals surface area contributed by atoms with Crippen LogP contribution in [0, 0.1) is 11.2 Å². The lowest BCUT2D eigenvalue weighted by molar-refractivity contribution is 0.0155. The van der Waals surface area contributed by atoms with E-state index in [1.165, 1.54) is 6.07 Å². The second kappa shape index (κ2) is 10.3. The first-order valence-corrected chi connectivity index (χ1v) is 11.2. The van der Waals surface area contributed by atoms with Gasteiger partial charge in [0.1, 0.15) is 18.2 Å².